The molecule has 0 aliphatic rings. The van der Waals surface area contributed by atoms with Crippen LogP contribution in [-0.4, -0.2) is 34.9 Å². The van der Waals surface area contributed by atoms with E-state index in [0.29, 0.717) is 0 Å². The molecule has 0 aliphatic carbocycles. The van der Waals surface area contributed by atoms with E-state index in [1.165, 1.54) is 12.4 Å². The van der Waals surface area contributed by atoms with Crippen LogP contribution in [0.3, 0.4) is 0 Å². The van der Waals surface area contributed by atoms with Gasteiger partial charge < -0.3 is 4.74 Å². The van der Waals surface area contributed by atoms with Crippen LogP contribution in [0.25, 0.3) is 5.52 Å². The lowest BCUT2D eigenvalue weighted by Crippen LogP contribution is -2.14. The average Bonchev–Trinajstić information content (AvgIpc) is 2.67. The first-order chi connectivity index (χ1) is 8.80. The summed E-state index contributed by atoms with van der Waals surface area (Å²) in [4.78, 5) is 18.9. The maximum absolute atomic E-state index is 13.1. The number of carbonyl (C=O) groups excluding carboxylic acids is 1. The molecule has 0 bridgehead atoms. The number of ether oxygens (including phenoxy) is 1. The Balaban J connectivity index is 2.67. The Morgan fingerprint density at radius 1 is 1.47 bits per heavy atom. The van der Waals surface area contributed by atoms with Gasteiger partial charge >= 0.3 is 16.2 Å². The van der Waals surface area contributed by atoms with E-state index < -0.39 is 27.3 Å². The van der Waals surface area contributed by atoms with E-state index in [1.807, 2.05) is 0 Å². The zero-order valence-corrected chi connectivity index (χ0v) is 10.9. The lowest BCUT2D eigenvalue weighted by atomic mass is 10.5. The van der Waals surface area contributed by atoms with Gasteiger partial charge in [0.15, 0.2) is 0 Å². The monoisotopic (exact) mass is 287 g/mol. The number of hydrogen-bond acceptors (Lipinski definition) is 6. The highest BCUT2D eigenvalue weighted by molar-refractivity contribution is 7.86. The molecule has 7 nitrogen and oxygen atoms in total. The standard InChI is InChI=1S/C10H10FN3O4S/c1-6(2)18-10(15)8-13-9(19(11,16)17)7-5-12-3-4-14(7)8/h3-6H,1-2H3. The summed E-state index contributed by atoms with van der Waals surface area (Å²) in [5.74, 6) is -1.16. The van der Waals surface area contributed by atoms with Crippen LogP contribution in [0.2, 0.25) is 0 Å². The number of fused-ring (bicyclic) bond motifs is 1. The first kappa shape index (κ1) is 13.4. The number of halogens is 1. The molecule has 0 fully saturated rings. The lowest BCUT2D eigenvalue weighted by Gasteiger charge is -2.06. The van der Waals surface area contributed by atoms with Crippen molar-refractivity contribution < 1.29 is 21.8 Å². The fourth-order valence-electron chi connectivity index (χ4n) is 1.50. The summed E-state index contributed by atoms with van der Waals surface area (Å²) in [6.07, 6.45) is 3.31. The zero-order valence-electron chi connectivity index (χ0n) is 10.1. The molecule has 0 aliphatic heterocycles. The van der Waals surface area contributed by atoms with Gasteiger partial charge in [-0.3, -0.25) is 9.38 Å². The molecule has 2 heterocycles. The van der Waals surface area contributed by atoms with Crippen LogP contribution in [0.15, 0.2) is 23.6 Å². The van der Waals surface area contributed by atoms with Crippen molar-refractivity contribution in [2.45, 2.75) is 25.0 Å². The zero-order chi connectivity index (χ0) is 14.2. The molecule has 0 amide bonds. The van der Waals surface area contributed by atoms with Crippen molar-refractivity contribution in [3.05, 3.63) is 24.4 Å². The van der Waals surface area contributed by atoms with Crippen LogP contribution in [0.4, 0.5) is 3.89 Å². The SMILES string of the molecule is CC(C)OC(=O)c1nc(S(=O)(=O)F)c2cnccn12. The summed E-state index contributed by atoms with van der Waals surface area (Å²) in [5, 5.41) is -0.851. The third-order valence-electron chi connectivity index (χ3n) is 2.17. The van der Waals surface area contributed by atoms with Crippen molar-refractivity contribution >= 4 is 21.7 Å². The summed E-state index contributed by atoms with van der Waals surface area (Å²) in [6.45, 7) is 3.25. The Hall–Kier alpha value is -2.03. The quantitative estimate of drug-likeness (QED) is 0.616. The Kier molecular flexibility index (Phi) is 3.23. The molecule has 0 N–H and O–H groups in total. The van der Waals surface area contributed by atoms with Crippen molar-refractivity contribution in [2.75, 3.05) is 0 Å². The molecule has 9 heteroatoms. The Morgan fingerprint density at radius 3 is 2.74 bits per heavy atom. The first-order valence-electron chi connectivity index (χ1n) is 5.28. The van der Waals surface area contributed by atoms with Crippen LogP contribution in [0.1, 0.15) is 24.5 Å². The molecule has 2 rings (SSSR count). The van der Waals surface area contributed by atoms with Gasteiger partial charge in [0, 0.05) is 12.4 Å². The summed E-state index contributed by atoms with van der Waals surface area (Å²) in [7, 11) is -5.05. The Morgan fingerprint density at radius 2 is 2.16 bits per heavy atom. The summed E-state index contributed by atoms with van der Waals surface area (Å²) in [6, 6.07) is 0. The van der Waals surface area contributed by atoms with Crippen LogP contribution < -0.4 is 0 Å². The number of carbonyl (C=O) groups is 1. The van der Waals surface area contributed by atoms with Crippen LogP contribution in [0.5, 0.6) is 0 Å². The second-order valence-corrected chi connectivity index (χ2v) is 5.23. The van der Waals surface area contributed by atoms with Gasteiger partial charge in [0.05, 0.1) is 12.3 Å². The van der Waals surface area contributed by atoms with Gasteiger partial charge in [0.25, 0.3) is 0 Å². The van der Waals surface area contributed by atoms with E-state index in [4.69, 9.17) is 4.74 Å². The maximum atomic E-state index is 13.1. The van der Waals surface area contributed by atoms with E-state index in [1.54, 1.807) is 13.8 Å². The molecule has 102 valence electrons. The molecule has 2 aromatic rings. The molecular formula is C10H10FN3O4S. The molecule has 0 radical (unpaired) electrons. The number of hydrogen-bond donors (Lipinski definition) is 0. The third kappa shape index (κ3) is 2.55. The smallest absolute Gasteiger partial charge is 0.375 e. The fraction of sp³-hybridized carbons (Fsp3) is 0.300. The molecule has 0 aromatic carbocycles. The van der Waals surface area contributed by atoms with E-state index in [-0.39, 0.29) is 11.3 Å². The number of nitrogens with zero attached hydrogens (tertiary/aromatic N) is 3. The average molecular weight is 287 g/mol. The van der Waals surface area contributed by atoms with Gasteiger partial charge in [-0.05, 0) is 13.8 Å². The number of rotatable bonds is 3. The van der Waals surface area contributed by atoms with Crippen molar-refractivity contribution in [3.8, 4) is 0 Å². The highest BCUT2D eigenvalue weighted by Gasteiger charge is 2.26. The minimum Gasteiger partial charge on any atom is -0.457 e. The first-order valence-corrected chi connectivity index (χ1v) is 6.66. The topological polar surface area (TPSA) is 90.6 Å². The van der Waals surface area contributed by atoms with Gasteiger partial charge in [0.2, 0.25) is 10.9 Å². The summed E-state index contributed by atoms with van der Waals surface area (Å²) < 4.78 is 41.1. The molecule has 0 saturated carbocycles. The fourth-order valence-corrected chi connectivity index (χ4v) is 2.10. The number of imidazole rings is 1. The predicted octanol–water partition coefficient (Wildman–Crippen LogP) is 0.953. The van der Waals surface area contributed by atoms with Gasteiger partial charge in [-0.2, -0.15) is 8.42 Å². The van der Waals surface area contributed by atoms with Gasteiger partial charge in [-0.1, -0.05) is 3.89 Å². The van der Waals surface area contributed by atoms with Crippen molar-refractivity contribution in [1.82, 2.24) is 14.4 Å². The minimum absolute atomic E-state index is 0.124. The maximum Gasteiger partial charge on any atom is 0.375 e. The van der Waals surface area contributed by atoms with E-state index in [9.17, 15) is 17.1 Å². The van der Waals surface area contributed by atoms with Crippen LogP contribution >= 0.6 is 0 Å². The van der Waals surface area contributed by atoms with Crippen molar-refractivity contribution in [2.24, 2.45) is 0 Å². The Bertz CT molecular complexity index is 738. The number of aromatic nitrogens is 3. The highest BCUT2D eigenvalue weighted by Crippen LogP contribution is 2.19. The third-order valence-corrected chi connectivity index (χ3v) is 2.93. The van der Waals surface area contributed by atoms with Gasteiger partial charge in [0.1, 0.15) is 5.52 Å². The van der Waals surface area contributed by atoms with E-state index in [0.717, 1.165) is 10.6 Å². The lowest BCUT2D eigenvalue weighted by molar-refractivity contribution is 0.0362. The minimum atomic E-state index is -5.05. The number of esters is 1. The largest absolute Gasteiger partial charge is 0.457 e. The molecule has 2 aromatic heterocycles. The molecule has 0 atom stereocenters. The normalized spacial score (nSPS) is 12.0. The molecule has 0 spiro atoms. The predicted molar refractivity (Wildman–Crippen MR) is 61.8 cm³/mol. The molecule has 0 saturated heterocycles. The van der Waals surface area contributed by atoms with Crippen molar-refractivity contribution in [1.29, 1.82) is 0 Å². The summed E-state index contributed by atoms with van der Waals surface area (Å²) in [5.41, 5.74) is -0.124. The second-order valence-electron chi connectivity index (χ2n) is 3.96. The summed E-state index contributed by atoms with van der Waals surface area (Å²) >= 11 is 0. The molecule has 0 unspecified atom stereocenters. The van der Waals surface area contributed by atoms with Gasteiger partial charge in [-0.15, -0.1) is 0 Å². The van der Waals surface area contributed by atoms with Crippen LogP contribution in [0, 0.1) is 0 Å². The molecule has 19 heavy (non-hydrogen) atoms. The van der Waals surface area contributed by atoms with Crippen molar-refractivity contribution in [3.63, 3.8) is 0 Å². The Labute approximate surface area is 108 Å². The van der Waals surface area contributed by atoms with E-state index in [2.05, 4.69) is 9.97 Å². The van der Waals surface area contributed by atoms with Gasteiger partial charge in [-0.25, -0.2) is 9.78 Å². The highest BCUT2D eigenvalue weighted by atomic mass is 32.3. The van der Waals surface area contributed by atoms with Crippen LogP contribution in [-0.2, 0) is 15.0 Å². The van der Waals surface area contributed by atoms with E-state index >= 15 is 0 Å². The molecular weight excluding hydrogens is 277 g/mol. The second kappa shape index (κ2) is 4.57.